The first-order valence-electron chi connectivity index (χ1n) is 10.2. The second kappa shape index (κ2) is 8.22. The molecule has 0 saturated carbocycles. The summed E-state index contributed by atoms with van der Waals surface area (Å²) in [5, 5.41) is 10.6. The summed E-state index contributed by atoms with van der Waals surface area (Å²) in [5.74, 6) is 1.17. The van der Waals surface area contributed by atoms with Gasteiger partial charge in [0.2, 0.25) is 11.8 Å². The molecule has 3 aromatic heterocycles. The molecule has 0 spiro atoms. The Labute approximate surface area is 180 Å². The average Bonchev–Trinajstić information content (AvgIpc) is 3.34. The van der Waals surface area contributed by atoms with Crippen molar-refractivity contribution in [2.75, 3.05) is 11.9 Å². The number of hydrogen-bond donors (Lipinski definition) is 2. The van der Waals surface area contributed by atoms with Crippen LogP contribution in [-0.4, -0.2) is 37.7 Å². The van der Waals surface area contributed by atoms with Gasteiger partial charge >= 0.3 is 0 Å². The van der Waals surface area contributed by atoms with E-state index in [1.165, 1.54) is 6.92 Å². The number of carbonyl (C=O) groups is 1. The first-order chi connectivity index (χ1) is 14.8. The number of hydrogen-bond acceptors (Lipinski definition) is 6. The number of amides is 1. The maximum Gasteiger partial charge on any atom is 0.231 e. The van der Waals surface area contributed by atoms with Crippen molar-refractivity contribution in [2.45, 2.75) is 39.8 Å². The first-order valence-corrected chi connectivity index (χ1v) is 10.2. The predicted molar refractivity (Wildman–Crippen MR) is 121 cm³/mol. The highest BCUT2D eigenvalue weighted by atomic mass is 16.3. The number of benzene rings is 1. The fourth-order valence-corrected chi connectivity index (χ4v) is 3.21. The van der Waals surface area contributed by atoms with Crippen molar-refractivity contribution in [2.24, 2.45) is 0 Å². The summed E-state index contributed by atoms with van der Waals surface area (Å²) < 4.78 is 7.83. The van der Waals surface area contributed by atoms with Crippen LogP contribution in [0.5, 0.6) is 0 Å². The summed E-state index contributed by atoms with van der Waals surface area (Å²) in [6.45, 7) is 8.86. The molecule has 0 unspecified atom stereocenters. The number of fused-ring (bicyclic) bond motifs is 1. The van der Waals surface area contributed by atoms with Crippen molar-refractivity contribution in [1.29, 1.82) is 0 Å². The normalized spacial score (nSPS) is 11.6. The third-order valence-electron chi connectivity index (χ3n) is 4.59. The summed E-state index contributed by atoms with van der Waals surface area (Å²) >= 11 is 0. The van der Waals surface area contributed by atoms with Gasteiger partial charge in [0.05, 0.1) is 18.3 Å². The van der Waals surface area contributed by atoms with Gasteiger partial charge in [-0.15, -0.1) is 0 Å². The lowest BCUT2D eigenvalue weighted by Gasteiger charge is -2.22. The quantitative estimate of drug-likeness (QED) is 0.489. The van der Waals surface area contributed by atoms with Crippen molar-refractivity contribution in [3.05, 3.63) is 48.9 Å². The zero-order valence-corrected chi connectivity index (χ0v) is 18.1. The van der Waals surface area contributed by atoms with Crippen LogP contribution in [0.25, 0.3) is 33.7 Å². The van der Waals surface area contributed by atoms with Crippen molar-refractivity contribution >= 4 is 22.8 Å². The van der Waals surface area contributed by atoms with Gasteiger partial charge < -0.3 is 15.1 Å². The molecule has 0 fully saturated rings. The molecule has 1 aromatic carbocycles. The van der Waals surface area contributed by atoms with E-state index in [1.54, 1.807) is 10.9 Å². The molecular weight excluding hydrogens is 392 g/mol. The fourth-order valence-electron chi connectivity index (χ4n) is 3.21. The van der Waals surface area contributed by atoms with Gasteiger partial charge in [-0.2, -0.15) is 5.10 Å². The molecule has 1 amide bonds. The van der Waals surface area contributed by atoms with E-state index in [0.29, 0.717) is 24.8 Å². The highest BCUT2D eigenvalue weighted by Gasteiger charge is 2.19. The molecule has 3 heterocycles. The van der Waals surface area contributed by atoms with Gasteiger partial charge in [-0.1, -0.05) is 12.1 Å². The molecule has 0 radical (unpaired) electrons. The van der Waals surface area contributed by atoms with E-state index >= 15 is 0 Å². The van der Waals surface area contributed by atoms with E-state index in [-0.39, 0.29) is 11.4 Å². The zero-order chi connectivity index (χ0) is 22.0. The lowest BCUT2D eigenvalue weighted by molar-refractivity contribution is -0.118. The van der Waals surface area contributed by atoms with Gasteiger partial charge in [0.1, 0.15) is 11.3 Å². The van der Waals surface area contributed by atoms with Crippen LogP contribution in [0.3, 0.4) is 0 Å². The van der Waals surface area contributed by atoms with Crippen molar-refractivity contribution in [3.8, 4) is 22.6 Å². The topological polar surface area (TPSA) is 97.9 Å². The molecule has 8 heteroatoms. The number of oxazole rings is 1. The van der Waals surface area contributed by atoms with Crippen molar-refractivity contribution in [1.82, 2.24) is 25.1 Å². The molecular formula is C23H26N6O2. The lowest BCUT2D eigenvalue weighted by Crippen LogP contribution is -2.27. The highest BCUT2D eigenvalue weighted by molar-refractivity contribution is 5.81. The van der Waals surface area contributed by atoms with Crippen molar-refractivity contribution in [3.63, 3.8) is 0 Å². The molecule has 0 saturated heterocycles. The smallest absolute Gasteiger partial charge is 0.231 e. The van der Waals surface area contributed by atoms with Gasteiger partial charge in [0.15, 0.2) is 5.58 Å². The van der Waals surface area contributed by atoms with Crippen LogP contribution in [-0.2, 0) is 11.3 Å². The molecule has 0 bridgehead atoms. The Hall–Kier alpha value is -3.68. The average molecular weight is 419 g/mol. The van der Waals surface area contributed by atoms with Crippen LogP contribution in [0, 0.1) is 0 Å². The first kappa shape index (κ1) is 20.6. The number of aromatic nitrogens is 4. The third-order valence-corrected chi connectivity index (χ3v) is 4.59. The fraction of sp³-hybridized carbons (Fsp3) is 0.304. The third kappa shape index (κ3) is 4.91. The van der Waals surface area contributed by atoms with Gasteiger partial charge in [-0.25, -0.2) is 9.97 Å². The molecule has 0 aliphatic rings. The molecule has 0 aliphatic carbocycles. The molecule has 4 aromatic rings. The van der Waals surface area contributed by atoms with E-state index in [2.05, 4.69) is 46.5 Å². The van der Waals surface area contributed by atoms with Crippen LogP contribution in [0.15, 0.2) is 53.3 Å². The molecule has 2 N–H and O–H groups in total. The largest absolute Gasteiger partial charge is 0.436 e. The molecule has 0 aliphatic heterocycles. The maximum absolute atomic E-state index is 11.1. The van der Waals surface area contributed by atoms with Gasteiger partial charge in [-0.3, -0.25) is 9.48 Å². The minimum absolute atomic E-state index is 0.0542. The second-order valence-electron chi connectivity index (χ2n) is 8.46. The molecule has 8 nitrogen and oxygen atoms in total. The Bertz CT molecular complexity index is 1190. The monoisotopic (exact) mass is 418 g/mol. The Kier molecular flexibility index (Phi) is 5.46. The molecule has 4 rings (SSSR count). The number of anilines is 1. The Morgan fingerprint density at radius 1 is 1.16 bits per heavy atom. The summed E-state index contributed by atoms with van der Waals surface area (Å²) in [4.78, 5) is 20.4. The summed E-state index contributed by atoms with van der Waals surface area (Å²) in [6, 6.07) is 9.71. The summed E-state index contributed by atoms with van der Waals surface area (Å²) in [5.41, 5.74) is 3.97. The Morgan fingerprint density at radius 2 is 1.97 bits per heavy atom. The second-order valence-corrected chi connectivity index (χ2v) is 8.46. The molecule has 0 atom stereocenters. The van der Waals surface area contributed by atoms with Crippen LogP contribution in [0.1, 0.15) is 27.7 Å². The minimum atomic E-state index is -0.177. The number of rotatable bonds is 6. The zero-order valence-electron chi connectivity index (χ0n) is 18.1. The number of pyridine rings is 1. The highest BCUT2D eigenvalue weighted by Crippen LogP contribution is 2.33. The van der Waals surface area contributed by atoms with Crippen molar-refractivity contribution < 1.29 is 9.21 Å². The Morgan fingerprint density at radius 3 is 2.71 bits per heavy atom. The number of carbonyl (C=O) groups excluding carboxylic acids is 1. The van der Waals surface area contributed by atoms with Crippen LogP contribution < -0.4 is 10.6 Å². The van der Waals surface area contributed by atoms with Gasteiger partial charge in [0, 0.05) is 42.5 Å². The standard InChI is InChI=1S/C23H26N6O2/c1-15(30)24-9-10-29-14-17(13-26-29)16-11-18(21(25-12-16)28-23(2,3)4)22-27-19-7-5-6-8-20(19)31-22/h5-8,11-14H,9-10H2,1-4H3,(H,24,30)(H,25,28). The molecule has 160 valence electrons. The van der Waals surface area contributed by atoms with Crippen LogP contribution in [0.4, 0.5) is 5.82 Å². The summed E-state index contributed by atoms with van der Waals surface area (Å²) in [6.07, 6.45) is 5.54. The summed E-state index contributed by atoms with van der Waals surface area (Å²) in [7, 11) is 0. The van der Waals surface area contributed by atoms with E-state index < -0.39 is 0 Å². The molecule has 31 heavy (non-hydrogen) atoms. The number of nitrogens with zero attached hydrogens (tertiary/aromatic N) is 4. The minimum Gasteiger partial charge on any atom is -0.436 e. The van der Waals surface area contributed by atoms with E-state index in [9.17, 15) is 4.79 Å². The SMILES string of the molecule is CC(=O)NCCn1cc(-c2cnc(NC(C)(C)C)c(-c3nc4ccccc4o3)c2)cn1. The maximum atomic E-state index is 11.1. The van der Waals surface area contributed by atoms with E-state index in [1.807, 2.05) is 42.7 Å². The van der Waals surface area contributed by atoms with E-state index in [4.69, 9.17) is 4.42 Å². The number of nitrogens with one attached hydrogen (secondary N) is 2. The van der Waals surface area contributed by atoms with Crippen LogP contribution >= 0.6 is 0 Å². The van der Waals surface area contributed by atoms with Gasteiger partial charge in [-0.05, 0) is 39.0 Å². The van der Waals surface area contributed by atoms with E-state index in [0.717, 1.165) is 27.8 Å². The van der Waals surface area contributed by atoms with Crippen LogP contribution in [0.2, 0.25) is 0 Å². The predicted octanol–water partition coefficient (Wildman–Crippen LogP) is 4.10. The number of para-hydroxylation sites is 2. The Balaban J connectivity index is 1.70. The van der Waals surface area contributed by atoms with Gasteiger partial charge in [0.25, 0.3) is 0 Å². The lowest BCUT2D eigenvalue weighted by atomic mass is 10.1.